The summed E-state index contributed by atoms with van der Waals surface area (Å²) in [6.45, 7) is 11.8. The topological polar surface area (TPSA) is 80.7 Å². The highest BCUT2D eigenvalue weighted by atomic mass is 127. The van der Waals surface area contributed by atoms with E-state index in [-0.39, 0.29) is 35.5 Å². The van der Waals surface area contributed by atoms with Crippen molar-refractivity contribution in [2.45, 2.75) is 45.8 Å². The number of rotatable bonds is 4. The van der Waals surface area contributed by atoms with E-state index in [0.29, 0.717) is 19.0 Å². The molecule has 0 aliphatic carbocycles. The van der Waals surface area contributed by atoms with Gasteiger partial charge < -0.3 is 19.4 Å². The first-order valence-electron chi connectivity index (χ1n) is 9.45. The van der Waals surface area contributed by atoms with E-state index in [1.807, 2.05) is 19.4 Å². The number of nitrogens with zero attached hydrogens (tertiary/aromatic N) is 5. The first kappa shape index (κ1) is 22.7. The van der Waals surface area contributed by atoms with E-state index in [1.165, 1.54) is 0 Å². The van der Waals surface area contributed by atoms with Crippen LogP contribution >= 0.6 is 24.0 Å². The number of guanidine groups is 1. The second-order valence-electron chi connectivity index (χ2n) is 7.79. The molecule has 1 N–H and O–H groups in total. The number of nitrogens with one attached hydrogen (secondary N) is 1. The van der Waals surface area contributed by atoms with Crippen molar-refractivity contribution < 1.29 is 9.15 Å². The van der Waals surface area contributed by atoms with Crippen molar-refractivity contribution in [1.29, 1.82) is 0 Å². The number of hydrogen-bond acceptors (Lipinski definition) is 5. The molecule has 1 aliphatic heterocycles. The summed E-state index contributed by atoms with van der Waals surface area (Å²) in [5.41, 5.74) is 1.03. The summed E-state index contributed by atoms with van der Waals surface area (Å²) in [4.78, 5) is 11.3. The quantitative estimate of drug-likeness (QED) is 0.394. The van der Waals surface area contributed by atoms with Crippen LogP contribution in [0.15, 0.2) is 28.0 Å². The highest BCUT2D eigenvalue weighted by Crippen LogP contribution is 2.23. The Morgan fingerprint density at radius 1 is 1.36 bits per heavy atom. The summed E-state index contributed by atoms with van der Waals surface area (Å²) in [5.74, 6) is 2.36. The molecule has 0 spiro atoms. The number of aromatic nitrogens is 3. The molecule has 9 heteroatoms. The Morgan fingerprint density at radius 3 is 2.75 bits per heavy atom. The lowest BCUT2D eigenvalue weighted by atomic mass is 9.94. The van der Waals surface area contributed by atoms with Crippen LogP contribution in [0.3, 0.4) is 0 Å². The molecule has 0 radical (unpaired) electrons. The molecule has 3 heterocycles. The molecule has 1 unspecified atom stereocenters. The molecule has 8 nitrogen and oxygen atoms in total. The first-order chi connectivity index (χ1) is 12.9. The van der Waals surface area contributed by atoms with Gasteiger partial charge in [0.1, 0.15) is 18.4 Å². The van der Waals surface area contributed by atoms with Crippen LogP contribution in [0.1, 0.15) is 51.0 Å². The van der Waals surface area contributed by atoms with Gasteiger partial charge in [0, 0.05) is 37.3 Å². The molecule has 28 heavy (non-hydrogen) atoms. The third-order valence-corrected chi connectivity index (χ3v) is 4.45. The zero-order valence-electron chi connectivity index (χ0n) is 17.3. The van der Waals surface area contributed by atoms with Crippen molar-refractivity contribution in [3.63, 3.8) is 0 Å². The number of hydrogen-bond donors (Lipinski definition) is 1. The zero-order valence-corrected chi connectivity index (χ0v) is 19.6. The SMILES string of the molecule is CCNC(=NCc1ncc(C(C)(C)C)o1)N1CCOC(c2cnn(C)c2)C1.I. The van der Waals surface area contributed by atoms with Gasteiger partial charge in [0.2, 0.25) is 5.89 Å². The van der Waals surface area contributed by atoms with Gasteiger partial charge >= 0.3 is 0 Å². The van der Waals surface area contributed by atoms with Crippen LogP contribution in [0.25, 0.3) is 0 Å². The first-order valence-corrected chi connectivity index (χ1v) is 9.45. The largest absolute Gasteiger partial charge is 0.443 e. The molecule has 0 amide bonds. The fourth-order valence-electron chi connectivity index (χ4n) is 2.95. The maximum atomic E-state index is 5.93. The van der Waals surface area contributed by atoms with Gasteiger partial charge in [-0.05, 0) is 6.92 Å². The van der Waals surface area contributed by atoms with E-state index >= 15 is 0 Å². The monoisotopic (exact) mass is 502 g/mol. The summed E-state index contributed by atoms with van der Waals surface area (Å²) in [6, 6.07) is 0. The van der Waals surface area contributed by atoms with Gasteiger partial charge in [-0.3, -0.25) is 4.68 Å². The van der Waals surface area contributed by atoms with Crippen LogP contribution in [0.5, 0.6) is 0 Å². The average Bonchev–Trinajstić information content (AvgIpc) is 3.27. The molecule has 1 fully saturated rings. The van der Waals surface area contributed by atoms with Gasteiger partial charge in [-0.25, -0.2) is 9.98 Å². The van der Waals surface area contributed by atoms with E-state index in [1.54, 1.807) is 10.9 Å². The van der Waals surface area contributed by atoms with Crippen LogP contribution in [0.2, 0.25) is 0 Å². The van der Waals surface area contributed by atoms with Gasteiger partial charge in [-0.1, -0.05) is 20.8 Å². The Kier molecular flexibility index (Phi) is 7.87. The number of oxazole rings is 1. The Morgan fingerprint density at radius 2 is 2.14 bits per heavy atom. The maximum Gasteiger partial charge on any atom is 0.216 e. The molecule has 156 valence electrons. The summed E-state index contributed by atoms with van der Waals surface area (Å²) in [6.07, 6.45) is 5.65. The Balaban J connectivity index is 0.00000280. The van der Waals surface area contributed by atoms with Crippen molar-refractivity contribution >= 4 is 29.9 Å². The lowest BCUT2D eigenvalue weighted by Crippen LogP contribution is -2.48. The third-order valence-electron chi connectivity index (χ3n) is 4.45. The normalized spacial score (nSPS) is 18.1. The lowest BCUT2D eigenvalue weighted by Gasteiger charge is -2.34. The molecule has 1 aliphatic rings. The second-order valence-corrected chi connectivity index (χ2v) is 7.79. The van der Waals surface area contributed by atoms with Gasteiger partial charge in [-0.2, -0.15) is 5.10 Å². The van der Waals surface area contributed by atoms with Crippen molar-refractivity contribution in [2.75, 3.05) is 26.2 Å². The maximum absolute atomic E-state index is 5.93. The molecule has 0 bridgehead atoms. The predicted octanol–water partition coefficient (Wildman–Crippen LogP) is 2.86. The van der Waals surface area contributed by atoms with Crippen molar-refractivity contribution in [2.24, 2.45) is 12.0 Å². The van der Waals surface area contributed by atoms with E-state index in [4.69, 9.17) is 14.1 Å². The molecule has 3 rings (SSSR count). The smallest absolute Gasteiger partial charge is 0.216 e. The van der Waals surface area contributed by atoms with E-state index < -0.39 is 0 Å². The summed E-state index contributed by atoms with van der Waals surface area (Å²) in [7, 11) is 1.91. The molecule has 2 aromatic rings. The van der Waals surface area contributed by atoms with Gasteiger partial charge in [0.05, 0.1) is 25.5 Å². The van der Waals surface area contributed by atoms with Crippen molar-refractivity contribution in [3.8, 4) is 0 Å². The number of ether oxygens (including phenoxy) is 1. The summed E-state index contributed by atoms with van der Waals surface area (Å²) >= 11 is 0. The third kappa shape index (κ3) is 5.69. The Hall–Kier alpha value is -1.62. The van der Waals surface area contributed by atoms with Crippen LogP contribution in [-0.2, 0) is 23.7 Å². The molecular formula is C19H31IN6O2. The number of morpholine rings is 1. The van der Waals surface area contributed by atoms with Crippen LogP contribution in [0.4, 0.5) is 0 Å². The molecule has 0 aromatic carbocycles. The standard InChI is InChI=1S/C19H30N6O2.HI/c1-6-20-18(22-11-17-21-10-16(27-17)19(2,3)4)25-7-8-26-15(13-25)14-9-23-24(5)12-14;/h9-10,12,15H,6-8,11,13H2,1-5H3,(H,20,22);1H. The fraction of sp³-hybridized carbons (Fsp3) is 0.632. The number of aryl methyl sites for hydroxylation is 1. The minimum Gasteiger partial charge on any atom is -0.443 e. The van der Waals surface area contributed by atoms with Crippen molar-refractivity contribution in [1.82, 2.24) is 25.0 Å². The highest BCUT2D eigenvalue weighted by Gasteiger charge is 2.25. The summed E-state index contributed by atoms with van der Waals surface area (Å²) < 4.78 is 13.6. The number of halogens is 1. The molecule has 1 saturated heterocycles. The van der Waals surface area contributed by atoms with Gasteiger partial charge in [0.25, 0.3) is 0 Å². The molecule has 1 atom stereocenters. The summed E-state index contributed by atoms with van der Waals surface area (Å²) in [5, 5.41) is 7.61. The Labute approximate surface area is 183 Å². The number of aliphatic imine (C=N–C) groups is 1. The minimum atomic E-state index is -0.0549. The van der Waals surface area contributed by atoms with Crippen molar-refractivity contribution in [3.05, 3.63) is 35.8 Å². The van der Waals surface area contributed by atoms with Crippen LogP contribution < -0.4 is 5.32 Å². The second kappa shape index (κ2) is 9.73. The predicted molar refractivity (Wildman–Crippen MR) is 119 cm³/mol. The van der Waals surface area contributed by atoms with Gasteiger partial charge in [0.15, 0.2) is 5.96 Å². The van der Waals surface area contributed by atoms with E-state index in [2.05, 4.69) is 48.0 Å². The zero-order chi connectivity index (χ0) is 19.4. The van der Waals surface area contributed by atoms with Gasteiger partial charge in [-0.15, -0.1) is 24.0 Å². The molecule has 2 aromatic heterocycles. The highest BCUT2D eigenvalue weighted by molar-refractivity contribution is 14.0. The minimum absolute atomic E-state index is 0. The van der Waals surface area contributed by atoms with E-state index in [9.17, 15) is 0 Å². The molecule has 0 saturated carbocycles. The molecular weight excluding hydrogens is 471 g/mol. The average molecular weight is 502 g/mol. The van der Waals surface area contributed by atoms with Crippen LogP contribution in [-0.4, -0.2) is 51.9 Å². The Bertz CT molecular complexity index is 779. The lowest BCUT2D eigenvalue weighted by molar-refractivity contribution is -0.00806. The fourth-order valence-corrected chi connectivity index (χ4v) is 2.95. The van der Waals surface area contributed by atoms with Crippen LogP contribution in [0, 0.1) is 0 Å². The van der Waals surface area contributed by atoms with E-state index in [0.717, 1.165) is 36.9 Å².